The zero-order chi connectivity index (χ0) is 16.3. The highest BCUT2D eigenvalue weighted by atomic mass is 32.2. The molecule has 0 unspecified atom stereocenters. The number of aliphatic hydroxyl groups is 1. The molecule has 0 bridgehead atoms. The van der Waals surface area contributed by atoms with Gasteiger partial charge in [-0.15, -0.1) is 0 Å². The van der Waals surface area contributed by atoms with E-state index in [1.807, 2.05) is 24.3 Å². The van der Waals surface area contributed by atoms with E-state index in [0.717, 1.165) is 12.8 Å². The van der Waals surface area contributed by atoms with E-state index in [2.05, 4.69) is 0 Å². The Kier molecular flexibility index (Phi) is 4.80. The van der Waals surface area contributed by atoms with Gasteiger partial charge >= 0.3 is 0 Å². The topological polar surface area (TPSA) is 57.6 Å². The summed E-state index contributed by atoms with van der Waals surface area (Å²) in [5, 5.41) is 9.84. The van der Waals surface area contributed by atoms with Crippen LogP contribution in [-0.4, -0.2) is 30.9 Å². The minimum absolute atomic E-state index is 0.535. The fourth-order valence-corrected chi connectivity index (χ4v) is 5.16. The van der Waals surface area contributed by atoms with Gasteiger partial charge in [0, 0.05) is 13.1 Å². The summed E-state index contributed by atoms with van der Waals surface area (Å²) in [6.45, 7) is 1.07. The first kappa shape index (κ1) is 16.2. The van der Waals surface area contributed by atoms with E-state index < -0.39 is 21.4 Å². The Morgan fingerprint density at radius 3 is 1.83 bits per heavy atom. The molecule has 2 aromatic carbocycles. The molecule has 1 N–H and O–H groups in total. The van der Waals surface area contributed by atoms with E-state index in [0.29, 0.717) is 24.2 Å². The fraction of sp³-hybridized carbons (Fsp3) is 0.333. The number of nitrogens with zero attached hydrogens (tertiary/aromatic N) is 1. The molecule has 23 heavy (non-hydrogen) atoms. The van der Waals surface area contributed by atoms with Gasteiger partial charge in [-0.25, -0.2) is 12.7 Å². The Morgan fingerprint density at radius 2 is 1.30 bits per heavy atom. The Morgan fingerprint density at radius 1 is 0.826 bits per heavy atom. The lowest BCUT2D eigenvalue weighted by Gasteiger charge is -2.28. The third-order valence-electron chi connectivity index (χ3n) is 4.30. The van der Waals surface area contributed by atoms with Crippen LogP contribution in [0.5, 0.6) is 0 Å². The first-order chi connectivity index (χ1) is 11.1. The molecular formula is C18H21NO3S. The normalized spacial score (nSPS) is 18.7. The quantitative estimate of drug-likeness (QED) is 0.916. The van der Waals surface area contributed by atoms with Crippen LogP contribution in [0.1, 0.15) is 35.3 Å². The zero-order valence-corrected chi connectivity index (χ0v) is 13.7. The van der Waals surface area contributed by atoms with Gasteiger partial charge in [-0.05, 0) is 24.0 Å². The SMILES string of the molecule is O=S(=O)([C@@H](c1ccccc1)[C@@H](O)c1ccccc1)N1CCCC1. The van der Waals surface area contributed by atoms with E-state index in [1.54, 1.807) is 36.4 Å². The van der Waals surface area contributed by atoms with Crippen molar-refractivity contribution >= 4 is 10.0 Å². The molecule has 1 aliphatic heterocycles. The monoisotopic (exact) mass is 331 g/mol. The molecule has 1 fully saturated rings. The second-order valence-corrected chi connectivity index (χ2v) is 7.89. The highest BCUT2D eigenvalue weighted by Gasteiger charge is 2.39. The van der Waals surface area contributed by atoms with Crippen molar-refractivity contribution in [3.8, 4) is 0 Å². The number of aliphatic hydroxyl groups excluding tert-OH is 1. The summed E-state index contributed by atoms with van der Waals surface area (Å²) in [5.41, 5.74) is 1.24. The summed E-state index contributed by atoms with van der Waals surface area (Å²) in [6.07, 6.45) is 0.661. The lowest BCUT2D eigenvalue weighted by atomic mass is 10.0. The van der Waals surface area contributed by atoms with Gasteiger partial charge in [0.15, 0.2) is 0 Å². The maximum Gasteiger partial charge on any atom is 0.224 e. The molecule has 5 heteroatoms. The van der Waals surface area contributed by atoms with E-state index in [-0.39, 0.29) is 0 Å². The number of hydrogen-bond donors (Lipinski definition) is 1. The summed E-state index contributed by atoms with van der Waals surface area (Å²) >= 11 is 0. The number of benzene rings is 2. The molecule has 2 aromatic rings. The maximum absolute atomic E-state index is 13.1. The summed E-state index contributed by atoms with van der Waals surface area (Å²) in [4.78, 5) is 0. The van der Waals surface area contributed by atoms with Gasteiger partial charge in [-0.3, -0.25) is 0 Å². The highest BCUT2D eigenvalue weighted by molar-refractivity contribution is 7.89. The third-order valence-corrected chi connectivity index (χ3v) is 6.56. The molecular weight excluding hydrogens is 310 g/mol. The smallest absolute Gasteiger partial charge is 0.224 e. The predicted octanol–water partition coefficient (Wildman–Crippen LogP) is 2.89. The average Bonchev–Trinajstić information content (AvgIpc) is 3.12. The van der Waals surface area contributed by atoms with Gasteiger partial charge in [0.25, 0.3) is 0 Å². The molecule has 0 aliphatic carbocycles. The minimum atomic E-state index is -3.62. The average molecular weight is 331 g/mol. The molecule has 0 spiro atoms. The largest absolute Gasteiger partial charge is 0.387 e. The van der Waals surface area contributed by atoms with Crippen LogP contribution >= 0.6 is 0 Å². The van der Waals surface area contributed by atoms with Gasteiger partial charge in [0.1, 0.15) is 11.4 Å². The van der Waals surface area contributed by atoms with E-state index in [1.165, 1.54) is 4.31 Å². The van der Waals surface area contributed by atoms with E-state index in [9.17, 15) is 13.5 Å². The maximum atomic E-state index is 13.1. The summed E-state index contributed by atoms with van der Waals surface area (Å²) in [7, 11) is -3.62. The van der Waals surface area contributed by atoms with Crippen molar-refractivity contribution < 1.29 is 13.5 Å². The van der Waals surface area contributed by atoms with Crippen molar-refractivity contribution in [3.63, 3.8) is 0 Å². The van der Waals surface area contributed by atoms with Crippen molar-refractivity contribution in [2.75, 3.05) is 13.1 Å². The molecule has 1 heterocycles. The molecule has 0 aromatic heterocycles. The zero-order valence-electron chi connectivity index (χ0n) is 12.9. The lowest BCUT2D eigenvalue weighted by Crippen LogP contribution is -2.35. The van der Waals surface area contributed by atoms with Crippen molar-refractivity contribution in [2.45, 2.75) is 24.2 Å². The number of hydrogen-bond acceptors (Lipinski definition) is 3. The summed E-state index contributed by atoms with van der Waals surface area (Å²) in [5.74, 6) is 0. The molecule has 0 radical (unpaired) electrons. The minimum Gasteiger partial charge on any atom is -0.387 e. The fourth-order valence-electron chi connectivity index (χ4n) is 3.09. The second kappa shape index (κ2) is 6.83. The standard InChI is InChI=1S/C18H21NO3S/c20-17(15-9-3-1-4-10-15)18(16-11-5-2-6-12-16)23(21,22)19-13-7-8-14-19/h1-6,9-12,17-18,20H,7-8,13-14H2/t17-,18-/m0/s1. The molecule has 3 rings (SSSR count). The van der Waals surface area contributed by atoms with Crippen molar-refractivity contribution in [1.82, 2.24) is 4.31 Å². The van der Waals surface area contributed by atoms with Crippen molar-refractivity contribution in [1.29, 1.82) is 0 Å². The van der Waals surface area contributed by atoms with E-state index in [4.69, 9.17) is 0 Å². The first-order valence-electron chi connectivity index (χ1n) is 7.87. The van der Waals surface area contributed by atoms with Crippen LogP contribution < -0.4 is 0 Å². The molecule has 4 nitrogen and oxygen atoms in total. The van der Waals surface area contributed by atoms with Gasteiger partial charge in [-0.2, -0.15) is 0 Å². The van der Waals surface area contributed by atoms with Crippen LogP contribution in [0.3, 0.4) is 0 Å². The molecule has 0 amide bonds. The Labute approximate surface area is 137 Å². The van der Waals surface area contributed by atoms with Crippen LogP contribution in [0.4, 0.5) is 0 Å². The van der Waals surface area contributed by atoms with Crippen molar-refractivity contribution in [3.05, 3.63) is 71.8 Å². The van der Waals surface area contributed by atoms with Crippen LogP contribution in [0.25, 0.3) is 0 Å². The van der Waals surface area contributed by atoms with Gasteiger partial charge in [-0.1, -0.05) is 60.7 Å². The molecule has 2 atom stereocenters. The van der Waals surface area contributed by atoms with Crippen LogP contribution in [0.15, 0.2) is 60.7 Å². The predicted molar refractivity (Wildman–Crippen MR) is 90.3 cm³/mol. The van der Waals surface area contributed by atoms with E-state index >= 15 is 0 Å². The summed E-state index contributed by atoms with van der Waals surface area (Å²) in [6, 6.07) is 18.0. The third kappa shape index (κ3) is 3.32. The Bertz CT molecular complexity index is 725. The van der Waals surface area contributed by atoms with Gasteiger partial charge < -0.3 is 5.11 Å². The number of rotatable bonds is 5. The van der Waals surface area contributed by atoms with Crippen LogP contribution in [-0.2, 0) is 10.0 Å². The van der Waals surface area contributed by atoms with Gasteiger partial charge in [0.2, 0.25) is 10.0 Å². The van der Waals surface area contributed by atoms with Crippen LogP contribution in [0.2, 0.25) is 0 Å². The summed E-state index contributed by atoms with van der Waals surface area (Å²) < 4.78 is 27.7. The van der Waals surface area contributed by atoms with Crippen molar-refractivity contribution in [2.24, 2.45) is 0 Å². The van der Waals surface area contributed by atoms with Gasteiger partial charge in [0.05, 0.1) is 0 Å². The molecule has 1 saturated heterocycles. The Hall–Kier alpha value is -1.69. The molecule has 122 valence electrons. The molecule has 0 saturated carbocycles. The molecule has 1 aliphatic rings. The van der Waals surface area contributed by atoms with Crippen LogP contribution in [0, 0.1) is 0 Å². The lowest BCUT2D eigenvalue weighted by molar-refractivity contribution is 0.168. The highest BCUT2D eigenvalue weighted by Crippen LogP contribution is 2.38. The number of sulfonamides is 1. The Balaban J connectivity index is 2.04. The second-order valence-electron chi connectivity index (χ2n) is 5.84. The first-order valence-corrected chi connectivity index (χ1v) is 9.38.